The number of anilines is 1. The monoisotopic (exact) mass is 229 g/mol. The molecule has 0 spiro atoms. The van der Waals surface area contributed by atoms with E-state index in [9.17, 15) is 0 Å². The zero-order valence-electron chi connectivity index (χ0n) is 9.54. The van der Waals surface area contributed by atoms with Crippen LogP contribution in [0.2, 0.25) is 0 Å². The molecule has 1 fully saturated rings. The molecule has 3 rings (SSSR count). The summed E-state index contributed by atoms with van der Waals surface area (Å²) in [5.74, 6) is 0.732. The number of nitrogens with zero attached hydrogens (tertiary/aromatic N) is 2. The predicted molar refractivity (Wildman–Crippen MR) is 65.7 cm³/mol. The fraction of sp³-hybridized carbons (Fsp3) is 0.308. The van der Waals surface area contributed by atoms with Crippen LogP contribution >= 0.6 is 0 Å². The predicted octanol–water partition coefficient (Wildman–Crippen LogP) is 2.38. The molecule has 2 aromatic rings. The largest absolute Gasteiger partial charge is 0.485 e. The molecule has 0 bridgehead atoms. The minimum atomic E-state index is 0.519. The van der Waals surface area contributed by atoms with E-state index in [4.69, 9.17) is 10.5 Å². The van der Waals surface area contributed by atoms with Gasteiger partial charge in [-0.25, -0.2) is 4.98 Å². The van der Waals surface area contributed by atoms with Gasteiger partial charge in [0, 0.05) is 6.04 Å². The van der Waals surface area contributed by atoms with Gasteiger partial charge in [-0.15, -0.1) is 0 Å². The molecule has 0 atom stereocenters. The van der Waals surface area contributed by atoms with Crippen molar-refractivity contribution >= 4 is 5.69 Å². The Morgan fingerprint density at radius 2 is 2.18 bits per heavy atom. The van der Waals surface area contributed by atoms with Gasteiger partial charge in [-0.3, -0.25) is 0 Å². The van der Waals surface area contributed by atoms with Gasteiger partial charge in [0.1, 0.15) is 12.4 Å². The summed E-state index contributed by atoms with van der Waals surface area (Å²) < 4.78 is 7.91. The lowest BCUT2D eigenvalue weighted by atomic mass is 10.3. The van der Waals surface area contributed by atoms with Gasteiger partial charge in [-0.05, 0) is 25.0 Å². The van der Waals surface area contributed by atoms with Gasteiger partial charge in [0.25, 0.3) is 0 Å². The second-order valence-electron chi connectivity index (χ2n) is 4.35. The van der Waals surface area contributed by atoms with Gasteiger partial charge in [0.05, 0.1) is 23.9 Å². The van der Waals surface area contributed by atoms with Gasteiger partial charge in [0.2, 0.25) is 0 Å². The number of rotatable bonds is 4. The van der Waals surface area contributed by atoms with E-state index in [-0.39, 0.29) is 0 Å². The van der Waals surface area contributed by atoms with E-state index in [2.05, 4.69) is 9.55 Å². The molecule has 0 amide bonds. The zero-order valence-corrected chi connectivity index (χ0v) is 9.54. The molecule has 0 aliphatic heterocycles. The summed E-state index contributed by atoms with van der Waals surface area (Å²) in [6.07, 6.45) is 6.23. The molecule has 17 heavy (non-hydrogen) atoms. The summed E-state index contributed by atoms with van der Waals surface area (Å²) >= 11 is 0. The minimum Gasteiger partial charge on any atom is -0.485 e. The average molecular weight is 229 g/mol. The fourth-order valence-corrected chi connectivity index (χ4v) is 1.89. The molecule has 0 unspecified atom stereocenters. The smallest absolute Gasteiger partial charge is 0.142 e. The minimum absolute atomic E-state index is 0.519. The summed E-state index contributed by atoms with van der Waals surface area (Å²) in [7, 11) is 0. The van der Waals surface area contributed by atoms with E-state index in [1.54, 1.807) is 0 Å². The Labute approximate surface area is 100 Å². The number of nitrogen functional groups attached to an aromatic ring is 1. The highest BCUT2D eigenvalue weighted by molar-refractivity contribution is 5.51. The number of ether oxygens (including phenoxy) is 1. The first-order valence-electron chi connectivity index (χ1n) is 5.82. The Bertz CT molecular complexity index is 517. The quantitative estimate of drug-likeness (QED) is 0.819. The second-order valence-corrected chi connectivity index (χ2v) is 4.35. The molecule has 1 aliphatic rings. The van der Waals surface area contributed by atoms with Crippen LogP contribution in [0, 0.1) is 0 Å². The maximum Gasteiger partial charge on any atom is 0.142 e. The van der Waals surface area contributed by atoms with Crippen molar-refractivity contribution in [2.45, 2.75) is 25.5 Å². The van der Waals surface area contributed by atoms with Crippen molar-refractivity contribution in [1.29, 1.82) is 0 Å². The molecular weight excluding hydrogens is 214 g/mol. The molecular formula is C13H15N3O. The molecule has 0 saturated heterocycles. The van der Waals surface area contributed by atoms with E-state index in [0.717, 1.165) is 11.4 Å². The Morgan fingerprint density at radius 3 is 2.94 bits per heavy atom. The van der Waals surface area contributed by atoms with Crippen LogP contribution in [0.15, 0.2) is 36.8 Å². The first-order chi connectivity index (χ1) is 8.34. The maximum atomic E-state index is 5.82. The van der Waals surface area contributed by atoms with Crippen LogP contribution in [0.4, 0.5) is 5.69 Å². The van der Waals surface area contributed by atoms with Gasteiger partial charge in [-0.1, -0.05) is 12.1 Å². The number of imidazole rings is 1. The maximum absolute atomic E-state index is 5.82. The molecule has 4 heteroatoms. The van der Waals surface area contributed by atoms with E-state index in [1.165, 1.54) is 12.8 Å². The molecule has 0 radical (unpaired) electrons. The molecule has 4 nitrogen and oxygen atoms in total. The van der Waals surface area contributed by atoms with Gasteiger partial charge >= 0.3 is 0 Å². The molecule has 1 heterocycles. The first-order valence-corrected chi connectivity index (χ1v) is 5.82. The van der Waals surface area contributed by atoms with Crippen LogP contribution in [0.5, 0.6) is 5.75 Å². The van der Waals surface area contributed by atoms with Crippen LogP contribution in [0.1, 0.15) is 24.6 Å². The number of nitrogens with two attached hydrogens (primary N) is 1. The highest BCUT2D eigenvalue weighted by atomic mass is 16.5. The Balaban J connectivity index is 1.71. The lowest BCUT2D eigenvalue weighted by molar-refractivity contribution is 0.296. The summed E-state index contributed by atoms with van der Waals surface area (Å²) in [5.41, 5.74) is 7.60. The SMILES string of the molecule is Nc1ccccc1OCc1cncn1C1CC1. The average Bonchev–Trinajstić information content (AvgIpc) is 3.08. The standard InChI is InChI=1S/C13H15N3O/c14-12-3-1-2-4-13(12)17-8-11-7-15-9-16(11)10-5-6-10/h1-4,7,9-10H,5-6,8,14H2. The van der Waals surface area contributed by atoms with Crippen molar-refractivity contribution in [3.8, 4) is 5.75 Å². The number of benzene rings is 1. The highest BCUT2D eigenvalue weighted by Gasteiger charge is 2.25. The highest BCUT2D eigenvalue weighted by Crippen LogP contribution is 2.35. The van der Waals surface area contributed by atoms with E-state index in [0.29, 0.717) is 18.3 Å². The molecule has 1 aliphatic carbocycles. The molecule has 1 aromatic carbocycles. The molecule has 2 N–H and O–H groups in total. The first kappa shape index (κ1) is 10.2. The van der Waals surface area contributed by atoms with Crippen molar-refractivity contribution in [3.05, 3.63) is 42.5 Å². The van der Waals surface area contributed by atoms with Crippen LogP contribution in [-0.4, -0.2) is 9.55 Å². The third kappa shape index (κ3) is 2.11. The van der Waals surface area contributed by atoms with Crippen LogP contribution in [0.25, 0.3) is 0 Å². The van der Waals surface area contributed by atoms with E-state index in [1.807, 2.05) is 36.8 Å². The van der Waals surface area contributed by atoms with E-state index >= 15 is 0 Å². The van der Waals surface area contributed by atoms with Crippen molar-refractivity contribution in [1.82, 2.24) is 9.55 Å². The number of hydrogen-bond acceptors (Lipinski definition) is 3. The van der Waals surface area contributed by atoms with Crippen molar-refractivity contribution in [3.63, 3.8) is 0 Å². The number of aromatic nitrogens is 2. The lowest BCUT2D eigenvalue weighted by Crippen LogP contribution is -2.04. The number of para-hydroxylation sites is 2. The summed E-state index contributed by atoms with van der Waals surface area (Å²) in [6.45, 7) is 0.519. The van der Waals surface area contributed by atoms with Gasteiger partial charge in [-0.2, -0.15) is 0 Å². The van der Waals surface area contributed by atoms with Crippen molar-refractivity contribution in [2.75, 3.05) is 5.73 Å². The molecule has 88 valence electrons. The normalized spacial score (nSPS) is 14.8. The van der Waals surface area contributed by atoms with Crippen molar-refractivity contribution in [2.24, 2.45) is 0 Å². The third-order valence-electron chi connectivity index (χ3n) is 2.98. The number of hydrogen-bond donors (Lipinski definition) is 1. The fourth-order valence-electron chi connectivity index (χ4n) is 1.89. The lowest BCUT2D eigenvalue weighted by Gasteiger charge is -2.10. The summed E-state index contributed by atoms with van der Waals surface area (Å²) in [5, 5.41) is 0. The second kappa shape index (κ2) is 4.13. The molecule has 1 aromatic heterocycles. The topological polar surface area (TPSA) is 53.1 Å². The summed E-state index contributed by atoms with van der Waals surface area (Å²) in [4.78, 5) is 4.17. The Hall–Kier alpha value is -1.97. The van der Waals surface area contributed by atoms with Gasteiger partial charge in [0.15, 0.2) is 0 Å². The summed E-state index contributed by atoms with van der Waals surface area (Å²) in [6, 6.07) is 8.17. The third-order valence-corrected chi connectivity index (χ3v) is 2.98. The van der Waals surface area contributed by atoms with Crippen LogP contribution in [0.3, 0.4) is 0 Å². The Morgan fingerprint density at radius 1 is 1.35 bits per heavy atom. The van der Waals surface area contributed by atoms with Gasteiger partial charge < -0.3 is 15.0 Å². The van der Waals surface area contributed by atoms with Crippen LogP contribution in [-0.2, 0) is 6.61 Å². The van der Waals surface area contributed by atoms with Crippen molar-refractivity contribution < 1.29 is 4.74 Å². The van der Waals surface area contributed by atoms with E-state index < -0.39 is 0 Å². The Kier molecular flexibility index (Phi) is 2.48. The molecule has 1 saturated carbocycles. The van der Waals surface area contributed by atoms with Crippen LogP contribution < -0.4 is 10.5 Å². The zero-order chi connectivity index (χ0) is 11.7.